The molecule has 0 rings (SSSR count). The zero-order valence-electron chi connectivity index (χ0n) is 54.2. The van der Waals surface area contributed by atoms with Crippen LogP contribution < -0.4 is 0 Å². The highest BCUT2D eigenvalue weighted by atomic mass is 16.6. The highest BCUT2D eigenvalue weighted by Gasteiger charge is 2.19. The lowest BCUT2D eigenvalue weighted by molar-refractivity contribution is -0.167. The van der Waals surface area contributed by atoms with Gasteiger partial charge in [0.15, 0.2) is 6.10 Å². The van der Waals surface area contributed by atoms with Gasteiger partial charge in [-0.3, -0.25) is 14.4 Å². The van der Waals surface area contributed by atoms with Crippen LogP contribution in [0.15, 0.2) is 97.2 Å². The second kappa shape index (κ2) is 69.8. The Kier molecular flexibility index (Phi) is 66.7. The van der Waals surface area contributed by atoms with Gasteiger partial charge in [0, 0.05) is 19.3 Å². The molecule has 82 heavy (non-hydrogen) atoms. The zero-order valence-corrected chi connectivity index (χ0v) is 54.2. The number of carbonyl (C=O) groups excluding carboxylic acids is 3. The van der Waals surface area contributed by atoms with Crippen molar-refractivity contribution in [1.29, 1.82) is 0 Å². The molecule has 0 aromatic carbocycles. The molecule has 0 fully saturated rings. The van der Waals surface area contributed by atoms with Crippen LogP contribution in [0.4, 0.5) is 0 Å². The molecule has 6 nitrogen and oxygen atoms in total. The van der Waals surface area contributed by atoms with Gasteiger partial charge in [-0.2, -0.15) is 0 Å². The van der Waals surface area contributed by atoms with E-state index < -0.39 is 6.10 Å². The van der Waals surface area contributed by atoms with E-state index in [4.69, 9.17) is 14.2 Å². The molecule has 0 heterocycles. The first-order chi connectivity index (χ1) is 40.5. The molecule has 1 unspecified atom stereocenters. The van der Waals surface area contributed by atoms with Crippen LogP contribution in [0.5, 0.6) is 0 Å². The van der Waals surface area contributed by atoms with Gasteiger partial charge >= 0.3 is 17.9 Å². The van der Waals surface area contributed by atoms with Gasteiger partial charge in [-0.1, -0.05) is 323 Å². The standard InChI is InChI=1S/C76H132O6/c1-4-7-10-13-16-19-22-25-27-29-31-33-35-36-37-38-39-40-41-43-44-46-48-51-54-57-60-63-66-69-75(78)81-72-73(71-80-74(77)68-65-62-59-56-53-50-24-21-18-15-12-9-6-3)82-76(79)70-67-64-61-58-55-52-49-47-45-42-34-32-30-28-26-23-20-17-14-11-8-5-2/h7,10,16,19,21,24-25,27,31,33,36-37,39-40,43-44,73H,4-6,8-9,11-15,17-18,20,22-23,26,28-30,32,34-35,38,41-42,45-72H2,1-3H3/b10-7-,19-16-,24-21-,27-25-,33-31-,37-36-,40-39-,44-43-. The van der Waals surface area contributed by atoms with Gasteiger partial charge in [-0.25, -0.2) is 0 Å². The fraction of sp³-hybridized carbons (Fsp3) is 0.750. The van der Waals surface area contributed by atoms with Crippen molar-refractivity contribution in [3.63, 3.8) is 0 Å². The Hall–Kier alpha value is -3.67. The van der Waals surface area contributed by atoms with Crippen LogP contribution in [-0.2, 0) is 28.6 Å². The van der Waals surface area contributed by atoms with E-state index in [-0.39, 0.29) is 31.1 Å². The molecule has 0 aromatic rings. The van der Waals surface area contributed by atoms with Gasteiger partial charge in [0.25, 0.3) is 0 Å². The molecule has 0 saturated carbocycles. The average Bonchev–Trinajstić information content (AvgIpc) is 3.47. The molecule has 0 spiro atoms. The minimum Gasteiger partial charge on any atom is -0.462 e. The number of carbonyl (C=O) groups is 3. The number of rotatable bonds is 64. The lowest BCUT2D eigenvalue weighted by Gasteiger charge is -2.18. The smallest absolute Gasteiger partial charge is 0.306 e. The van der Waals surface area contributed by atoms with Crippen LogP contribution in [0.1, 0.15) is 348 Å². The van der Waals surface area contributed by atoms with Crippen LogP contribution in [0.2, 0.25) is 0 Å². The number of ether oxygens (including phenoxy) is 3. The zero-order chi connectivity index (χ0) is 59.2. The Morgan fingerprint density at radius 1 is 0.256 bits per heavy atom. The molecule has 0 saturated heterocycles. The monoisotopic (exact) mass is 1140 g/mol. The predicted molar refractivity (Wildman–Crippen MR) is 357 cm³/mol. The van der Waals surface area contributed by atoms with Crippen LogP contribution >= 0.6 is 0 Å². The van der Waals surface area contributed by atoms with Crippen molar-refractivity contribution in [3.05, 3.63) is 97.2 Å². The number of allylic oxidation sites excluding steroid dienone is 16. The van der Waals surface area contributed by atoms with E-state index in [2.05, 4.69) is 118 Å². The molecule has 0 amide bonds. The van der Waals surface area contributed by atoms with Gasteiger partial charge in [0.1, 0.15) is 13.2 Å². The molecule has 0 radical (unpaired) electrons. The van der Waals surface area contributed by atoms with E-state index >= 15 is 0 Å². The minimum absolute atomic E-state index is 0.0821. The van der Waals surface area contributed by atoms with E-state index in [0.717, 1.165) is 116 Å². The summed E-state index contributed by atoms with van der Waals surface area (Å²) < 4.78 is 17.0. The molecule has 6 heteroatoms. The summed E-state index contributed by atoms with van der Waals surface area (Å²) >= 11 is 0. The maximum Gasteiger partial charge on any atom is 0.306 e. The molecule has 472 valence electrons. The Morgan fingerprint density at radius 3 is 0.768 bits per heavy atom. The molecule has 0 aliphatic heterocycles. The van der Waals surface area contributed by atoms with Crippen LogP contribution in [0.25, 0.3) is 0 Å². The van der Waals surface area contributed by atoms with E-state index in [1.54, 1.807) is 0 Å². The largest absolute Gasteiger partial charge is 0.462 e. The van der Waals surface area contributed by atoms with Crippen molar-refractivity contribution in [3.8, 4) is 0 Å². The third kappa shape index (κ3) is 67.1. The molecule has 0 N–H and O–H groups in total. The molecule has 0 aliphatic carbocycles. The number of esters is 3. The van der Waals surface area contributed by atoms with Gasteiger partial charge in [0.05, 0.1) is 0 Å². The first-order valence-electron chi connectivity index (χ1n) is 35.2. The summed E-state index contributed by atoms with van der Waals surface area (Å²) in [7, 11) is 0. The van der Waals surface area contributed by atoms with Gasteiger partial charge < -0.3 is 14.2 Å². The maximum absolute atomic E-state index is 13.0. The Bertz CT molecular complexity index is 1590. The lowest BCUT2D eigenvalue weighted by Crippen LogP contribution is -2.30. The third-order valence-corrected chi connectivity index (χ3v) is 15.3. The van der Waals surface area contributed by atoms with E-state index in [9.17, 15) is 14.4 Å². The van der Waals surface area contributed by atoms with Crippen LogP contribution in [0, 0.1) is 0 Å². The van der Waals surface area contributed by atoms with Gasteiger partial charge in [-0.15, -0.1) is 0 Å². The SMILES string of the molecule is CC/C=C\C/C=C\C/C=C\C/C=C\C/C=C\C/C=C\C/C=C\CCCCCCCCCC(=O)OCC(COC(=O)CCCCCCC/C=C\CCCCCC)OC(=O)CCCCCCCCCCCCCCCCCCCCCCCC. The molecular formula is C76H132O6. The lowest BCUT2D eigenvalue weighted by atomic mass is 10.0. The molecular weight excluding hydrogens is 1010 g/mol. The Morgan fingerprint density at radius 2 is 0.476 bits per heavy atom. The molecule has 0 bridgehead atoms. The van der Waals surface area contributed by atoms with Crippen molar-refractivity contribution in [2.24, 2.45) is 0 Å². The minimum atomic E-state index is -0.786. The first-order valence-corrected chi connectivity index (χ1v) is 35.2. The number of unbranched alkanes of at least 4 members (excludes halogenated alkanes) is 37. The van der Waals surface area contributed by atoms with Crippen molar-refractivity contribution in [2.75, 3.05) is 13.2 Å². The van der Waals surface area contributed by atoms with Crippen molar-refractivity contribution in [1.82, 2.24) is 0 Å². The summed E-state index contributed by atoms with van der Waals surface area (Å²) in [6.45, 7) is 6.54. The van der Waals surface area contributed by atoms with Crippen molar-refractivity contribution < 1.29 is 28.6 Å². The first kappa shape index (κ1) is 78.3. The third-order valence-electron chi connectivity index (χ3n) is 15.3. The summed E-state index contributed by atoms with van der Waals surface area (Å²) in [5, 5.41) is 0. The normalized spacial score (nSPS) is 12.7. The number of hydrogen-bond donors (Lipinski definition) is 0. The Labute approximate surface area is 508 Å². The predicted octanol–water partition coefficient (Wildman–Crippen LogP) is 24.4. The maximum atomic E-state index is 13.0. The van der Waals surface area contributed by atoms with Crippen LogP contribution in [-0.4, -0.2) is 37.2 Å². The van der Waals surface area contributed by atoms with E-state index in [1.165, 1.54) is 193 Å². The van der Waals surface area contributed by atoms with Gasteiger partial charge in [-0.05, 0) is 103 Å². The highest BCUT2D eigenvalue weighted by Crippen LogP contribution is 2.17. The summed E-state index contributed by atoms with van der Waals surface area (Å²) in [6, 6.07) is 0. The fourth-order valence-electron chi connectivity index (χ4n) is 10.1. The topological polar surface area (TPSA) is 78.9 Å². The van der Waals surface area contributed by atoms with Gasteiger partial charge in [0.2, 0.25) is 0 Å². The van der Waals surface area contributed by atoms with E-state index in [1.807, 2.05) is 0 Å². The Balaban J connectivity index is 4.31. The van der Waals surface area contributed by atoms with Crippen LogP contribution in [0.3, 0.4) is 0 Å². The highest BCUT2D eigenvalue weighted by molar-refractivity contribution is 5.71. The van der Waals surface area contributed by atoms with Crippen molar-refractivity contribution >= 4 is 17.9 Å². The van der Waals surface area contributed by atoms with E-state index in [0.29, 0.717) is 19.3 Å². The molecule has 0 aromatic heterocycles. The summed E-state index contributed by atoms with van der Waals surface area (Å²) in [5.41, 5.74) is 0. The average molecular weight is 1140 g/mol. The summed E-state index contributed by atoms with van der Waals surface area (Å²) in [5.74, 6) is -0.884. The fourth-order valence-corrected chi connectivity index (χ4v) is 10.1. The quantitative estimate of drug-likeness (QED) is 0.0261. The molecule has 1 atom stereocenters. The summed E-state index contributed by atoms with van der Waals surface area (Å²) in [6.07, 6.45) is 94.3. The summed E-state index contributed by atoms with van der Waals surface area (Å²) in [4.78, 5) is 38.4. The van der Waals surface area contributed by atoms with Crippen molar-refractivity contribution in [2.45, 2.75) is 354 Å². The second-order valence-electron chi connectivity index (χ2n) is 23.4. The second-order valence-corrected chi connectivity index (χ2v) is 23.4. The molecule has 0 aliphatic rings. The number of hydrogen-bond acceptors (Lipinski definition) is 6.